The van der Waals surface area contributed by atoms with E-state index in [0.717, 1.165) is 19.4 Å². The highest BCUT2D eigenvalue weighted by molar-refractivity contribution is 5.98. The van der Waals surface area contributed by atoms with Gasteiger partial charge >= 0.3 is 5.97 Å². The number of nitrogens with zero attached hydrogens (tertiary/aromatic N) is 1. The predicted molar refractivity (Wildman–Crippen MR) is 80.8 cm³/mol. The largest absolute Gasteiger partial charge is 0.465 e. The maximum atomic E-state index is 12.7. The van der Waals surface area contributed by atoms with Gasteiger partial charge in [0.15, 0.2) is 0 Å². The molecule has 5 heteroatoms. The number of ether oxygens (including phenoxy) is 2. The molecule has 1 heterocycles. The van der Waals surface area contributed by atoms with Crippen LogP contribution in [-0.2, 0) is 19.1 Å². The third-order valence-corrected chi connectivity index (χ3v) is 3.80. The Balaban J connectivity index is 2.72. The second kappa shape index (κ2) is 7.78. The van der Waals surface area contributed by atoms with Crippen LogP contribution in [0, 0.1) is 17.3 Å². The van der Waals surface area contributed by atoms with Crippen LogP contribution in [0.4, 0.5) is 0 Å². The summed E-state index contributed by atoms with van der Waals surface area (Å²) in [6.45, 7) is 9.85. The third-order valence-electron chi connectivity index (χ3n) is 3.80. The van der Waals surface area contributed by atoms with Crippen molar-refractivity contribution in [1.82, 2.24) is 4.90 Å². The summed E-state index contributed by atoms with van der Waals surface area (Å²) in [4.78, 5) is 26.5. The summed E-state index contributed by atoms with van der Waals surface area (Å²) in [5.41, 5.74) is -0.458. The van der Waals surface area contributed by atoms with E-state index in [2.05, 4.69) is 0 Å². The van der Waals surface area contributed by atoms with Crippen molar-refractivity contribution in [3.63, 3.8) is 0 Å². The van der Waals surface area contributed by atoms with Crippen molar-refractivity contribution in [2.45, 2.75) is 40.5 Å². The van der Waals surface area contributed by atoms with Gasteiger partial charge < -0.3 is 14.4 Å². The quantitative estimate of drug-likeness (QED) is 0.576. The molecule has 5 nitrogen and oxygen atoms in total. The van der Waals surface area contributed by atoms with E-state index in [1.54, 1.807) is 18.9 Å². The highest BCUT2D eigenvalue weighted by atomic mass is 16.5. The SMILES string of the molecule is CCOC(=O)C(C(=O)N(C)CC1CCCOC1)C(C)(C)C. The lowest BCUT2D eigenvalue weighted by Crippen LogP contribution is -2.46. The third kappa shape index (κ3) is 5.30. The van der Waals surface area contributed by atoms with Crippen molar-refractivity contribution in [2.24, 2.45) is 17.3 Å². The first-order valence-corrected chi connectivity index (χ1v) is 7.76. The molecule has 21 heavy (non-hydrogen) atoms. The van der Waals surface area contributed by atoms with E-state index in [-0.39, 0.29) is 5.91 Å². The molecule has 0 bridgehead atoms. The van der Waals surface area contributed by atoms with E-state index in [0.29, 0.717) is 25.7 Å². The Morgan fingerprint density at radius 2 is 2.05 bits per heavy atom. The van der Waals surface area contributed by atoms with E-state index in [4.69, 9.17) is 9.47 Å². The van der Waals surface area contributed by atoms with Crippen LogP contribution in [0.3, 0.4) is 0 Å². The topological polar surface area (TPSA) is 55.8 Å². The minimum atomic E-state index is -0.757. The maximum Gasteiger partial charge on any atom is 0.319 e. The number of amides is 1. The first-order chi connectivity index (χ1) is 9.77. The van der Waals surface area contributed by atoms with E-state index in [9.17, 15) is 9.59 Å². The molecular weight excluding hydrogens is 270 g/mol. The summed E-state index contributed by atoms with van der Waals surface area (Å²) in [5, 5.41) is 0. The minimum Gasteiger partial charge on any atom is -0.465 e. The zero-order valence-corrected chi connectivity index (χ0v) is 14.0. The predicted octanol–water partition coefficient (Wildman–Crippen LogP) is 2.10. The molecule has 0 N–H and O–H groups in total. The van der Waals surface area contributed by atoms with Gasteiger partial charge in [-0.25, -0.2) is 0 Å². The first-order valence-electron chi connectivity index (χ1n) is 7.76. The number of carbonyl (C=O) groups excluding carboxylic acids is 2. The molecule has 0 aliphatic carbocycles. The molecule has 1 saturated heterocycles. The van der Waals surface area contributed by atoms with Crippen molar-refractivity contribution < 1.29 is 19.1 Å². The van der Waals surface area contributed by atoms with E-state index >= 15 is 0 Å². The average Bonchev–Trinajstić information content (AvgIpc) is 2.38. The molecule has 0 saturated carbocycles. The molecular formula is C16H29NO4. The number of esters is 1. The van der Waals surface area contributed by atoms with Gasteiger partial charge in [-0.05, 0) is 31.1 Å². The Morgan fingerprint density at radius 1 is 1.38 bits per heavy atom. The van der Waals surface area contributed by atoms with Gasteiger partial charge in [-0.1, -0.05) is 20.8 Å². The molecule has 1 fully saturated rings. The molecule has 0 aromatic rings. The lowest BCUT2D eigenvalue weighted by molar-refractivity contribution is -0.160. The number of hydrogen-bond donors (Lipinski definition) is 0. The fraction of sp³-hybridized carbons (Fsp3) is 0.875. The normalized spacial score (nSPS) is 20.7. The summed E-state index contributed by atoms with van der Waals surface area (Å²) in [6, 6.07) is 0. The second-order valence-corrected chi connectivity index (χ2v) is 6.85. The van der Waals surface area contributed by atoms with Crippen LogP contribution in [-0.4, -0.2) is 50.2 Å². The van der Waals surface area contributed by atoms with Crippen LogP contribution in [0.25, 0.3) is 0 Å². The van der Waals surface area contributed by atoms with Gasteiger partial charge in [-0.2, -0.15) is 0 Å². The molecule has 1 amide bonds. The van der Waals surface area contributed by atoms with Crippen LogP contribution in [0.1, 0.15) is 40.5 Å². The standard InChI is InChI=1S/C16H29NO4/c1-6-21-15(19)13(16(2,3)4)14(18)17(5)10-12-8-7-9-20-11-12/h12-13H,6-11H2,1-5H3. The van der Waals surface area contributed by atoms with Crippen molar-refractivity contribution in [1.29, 1.82) is 0 Å². The van der Waals surface area contributed by atoms with Crippen LogP contribution in [0.2, 0.25) is 0 Å². The summed E-state index contributed by atoms with van der Waals surface area (Å²) in [5.74, 6) is -0.990. The Labute approximate surface area is 128 Å². The maximum absolute atomic E-state index is 12.7. The molecule has 1 rings (SSSR count). The molecule has 1 aliphatic rings. The van der Waals surface area contributed by atoms with Gasteiger partial charge in [0.2, 0.25) is 5.91 Å². The summed E-state index contributed by atoms with van der Waals surface area (Å²) >= 11 is 0. The van der Waals surface area contributed by atoms with Gasteiger partial charge in [0.25, 0.3) is 0 Å². The lowest BCUT2D eigenvalue weighted by atomic mass is 9.79. The van der Waals surface area contributed by atoms with Crippen molar-refractivity contribution in [3.8, 4) is 0 Å². The van der Waals surface area contributed by atoms with Gasteiger partial charge in [-0.3, -0.25) is 9.59 Å². The Bertz CT molecular complexity index is 356. The van der Waals surface area contributed by atoms with E-state index < -0.39 is 17.3 Å². The highest BCUT2D eigenvalue weighted by Crippen LogP contribution is 2.29. The van der Waals surface area contributed by atoms with Crippen molar-refractivity contribution >= 4 is 11.9 Å². The second-order valence-electron chi connectivity index (χ2n) is 6.85. The van der Waals surface area contributed by atoms with Crippen LogP contribution >= 0.6 is 0 Å². The van der Waals surface area contributed by atoms with Gasteiger partial charge in [0, 0.05) is 20.2 Å². The monoisotopic (exact) mass is 299 g/mol. The van der Waals surface area contributed by atoms with Crippen LogP contribution < -0.4 is 0 Å². The smallest absolute Gasteiger partial charge is 0.319 e. The zero-order valence-electron chi connectivity index (χ0n) is 14.0. The number of carbonyl (C=O) groups is 2. The molecule has 1 aliphatic heterocycles. The average molecular weight is 299 g/mol. The Kier molecular flexibility index (Phi) is 6.65. The summed E-state index contributed by atoms with van der Waals surface area (Å²) < 4.78 is 10.5. The van der Waals surface area contributed by atoms with Gasteiger partial charge in [0.05, 0.1) is 13.2 Å². The Hall–Kier alpha value is -1.10. The van der Waals surface area contributed by atoms with E-state index in [1.165, 1.54) is 0 Å². The molecule has 0 radical (unpaired) electrons. The number of rotatable bonds is 5. The fourth-order valence-corrected chi connectivity index (χ4v) is 2.70. The summed E-state index contributed by atoms with van der Waals surface area (Å²) in [7, 11) is 1.76. The molecule has 2 atom stereocenters. The van der Waals surface area contributed by atoms with Crippen molar-refractivity contribution in [3.05, 3.63) is 0 Å². The van der Waals surface area contributed by atoms with Gasteiger partial charge in [0.1, 0.15) is 5.92 Å². The van der Waals surface area contributed by atoms with Crippen molar-refractivity contribution in [2.75, 3.05) is 33.4 Å². The molecule has 122 valence electrons. The lowest BCUT2D eigenvalue weighted by Gasteiger charge is -2.33. The molecule has 0 aromatic heterocycles. The summed E-state index contributed by atoms with van der Waals surface area (Å²) in [6.07, 6.45) is 2.10. The first kappa shape index (κ1) is 18.0. The van der Waals surface area contributed by atoms with E-state index in [1.807, 2.05) is 20.8 Å². The molecule has 2 unspecified atom stereocenters. The highest BCUT2D eigenvalue weighted by Gasteiger charge is 2.40. The number of hydrogen-bond acceptors (Lipinski definition) is 4. The van der Waals surface area contributed by atoms with Crippen LogP contribution in [0.15, 0.2) is 0 Å². The molecule has 0 spiro atoms. The minimum absolute atomic E-state index is 0.161. The zero-order chi connectivity index (χ0) is 16.0. The van der Waals surface area contributed by atoms with Gasteiger partial charge in [-0.15, -0.1) is 0 Å². The Morgan fingerprint density at radius 3 is 2.52 bits per heavy atom. The molecule has 0 aromatic carbocycles. The fourth-order valence-electron chi connectivity index (χ4n) is 2.70. The van der Waals surface area contributed by atoms with Crippen LogP contribution in [0.5, 0.6) is 0 Å².